The van der Waals surface area contributed by atoms with Crippen molar-refractivity contribution in [3.63, 3.8) is 0 Å². The maximum absolute atomic E-state index is 5.52. The van der Waals surface area contributed by atoms with Gasteiger partial charge in [0.2, 0.25) is 11.7 Å². The first kappa shape index (κ1) is 15.3. The van der Waals surface area contributed by atoms with Gasteiger partial charge in [0, 0.05) is 19.4 Å². The molecule has 0 spiro atoms. The van der Waals surface area contributed by atoms with Crippen molar-refractivity contribution >= 4 is 11.0 Å². The molecule has 24 heavy (non-hydrogen) atoms. The maximum atomic E-state index is 5.52. The summed E-state index contributed by atoms with van der Waals surface area (Å²) in [6, 6.07) is 6.04. The monoisotopic (exact) mass is 325 g/mol. The van der Waals surface area contributed by atoms with Crippen LogP contribution in [0.1, 0.15) is 31.5 Å². The Morgan fingerprint density at radius 1 is 1.33 bits per heavy atom. The van der Waals surface area contributed by atoms with E-state index in [4.69, 9.17) is 4.52 Å². The molecule has 3 heterocycles. The van der Waals surface area contributed by atoms with Crippen LogP contribution in [0.4, 0.5) is 0 Å². The highest BCUT2D eigenvalue weighted by atomic mass is 16.5. The van der Waals surface area contributed by atoms with E-state index in [0.29, 0.717) is 11.7 Å². The Hall–Kier alpha value is -2.21. The number of aromatic amines is 1. The summed E-state index contributed by atoms with van der Waals surface area (Å²) in [5.41, 5.74) is 2.86. The zero-order valence-corrected chi connectivity index (χ0v) is 14.2. The number of aromatic nitrogens is 4. The van der Waals surface area contributed by atoms with Crippen molar-refractivity contribution in [3.8, 4) is 11.4 Å². The SMILES string of the molecule is CCc1nc2c(-c3noc(CC4CCCN(C)C4)n3)cccc2[nH]1. The number of likely N-dealkylation sites (tertiary alicyclic amines) is 1. The second kappa shape index (κ2) is 6.36. The fourth-order valence-corrected chi connectivity index (χ4v) is 3.57. The topological polar surface area (TPSA) is 70.8 Å². The lowest BCUT2D eigenvalue weighted by Gasteiger charge is -2.28. The molecule has 3 aromatic rings. The van der Waals surface area contributed by atoms with Crippen LogP contribution >= 0.6 is 0 Å². The molecule has 126 valence electrons. The Morgan fingerprint density at radius 3 is 3.08 bits per heavy atom. The second-order valence-corrected chi connectivity index (χ2v) is 6.73. The number of benzene rings is 1. The Labute approximate surface area is 141 Å². The molecule has 1 fully saturated rings. The van der Waals surface area contributed by atoms with Crippen LogP contribution in [0.2, 0.25) is 0 Å². The molecular weight excluding hydrogens is 302 g/mol. The number of fused-ring (bicyclic) bond motifs is 1. The van der Waals surface area contributed by atoms with Crippen molar-refractivity contribution < 1.29 is 4.52 Å². The number of piperidine rings is 1. The van der Waals surface area contributed by atoms with Gasteiger partial charge >= 0.3 is 0 Å². The van der Waals surface area contributed by atoms with E-state index in [1.54, 1.807) is 0 Å². The van der Waals surface area contributed by atoms with Gasteiger partial charge in [-0.1, -0.05) is 18.1 Å². The zero-order valence-electron chi connectivity index (χ0n) is 14.2. The smallest absolute Gasteiger partial charge is 0.227 e. The highest BCUT2D eigenvalue weighted by Crippen LogP contribution is 2.26. The fourth-order valence-electron chi connectivity index (χ4n) is 3.57. The molecule has 1 N–H and O–H groups in total. The largest absolute Gasteiger partial charge is 0.342 e. The second-order valence-electron chi connectivity index (χ2n) is 6.73. The van der Waals surface area contributed by atoms with E-state index in [-0.39, 0.29) is 0 Å². The van der Waals surface area contributed by atoms with Crippen molar-refractivity contribution in [2.75, 3.05) is 20.1 Å². The highest BCUT2D eigenvalue weighted by Gasteiger charge is 2.21. The number of imidazole rings is 1. The fraction of sp³-hybridized carbons (Fsp3) is 0.500. The lowest BCUT2D eigenvalue weighted by Crippen LogP contribution is -2.33. The minimum atomic E-state index is 0.602. The van der Waals surface area contributed by atoms with Gasteiger partial charge in [-0.25, -0.2) is 4.98 Å². The molecule has 1 saturated heterocycles. The summed E-state index contributed by atoms with van der Waals surface area (Å²) in [4.78, 5) is 15.0. The quantitative estimate of drug-likeness (QED) is 0.798. The molecule has 4 rings (SSSR count). The van der Waals surface area contributed by atoms with Gasteiger partial charge in [-0.15, -0.1) is 0 Å². The first-order valence-corrected chi connectivity index (χ1v) is 8.72. The predicted molar refractivity (Wildman–Crippen MR) is 92.7 cm³/mol. The third-order valence-corrected chi connectivity index (χ3v) is 4.79. The van der Waals surface area contributed by atoms with Gasteiger partial charge < -0.3 is 14.4 Å². The first-order chi connectivity index (χ1) is 11.7. The van der Waals surface area contributed by atoms with Crippen molar-refractivity contribution in [1.29, 1.82) is 0 Å². The number of para-hydroxylation sites is 1. The molecule has 6 heteroatoms. The van der Waals surface area contributed by atoms with E-state index in [2.05, 4.69) is 39.0 Å². The minimum absolute atomic E-state index is 0.602. The van der Waals surface area contributed by atoms with E-state index >= 15 is 0 Å². The van der Waals surface area contributed by atoms with Gasteiger partial charge in [0.1, 0.15) is 5.82 Å². The van der Waals surface area contributed by atoms with Gasteiger partial charge in [0.05, 0.1) is 16.6 Å². The number of H-pyrrole nitrogens is 1. The predicted octanol–water partition coefficient (Wildman–Crippen LogP) is 3.06. The van der Waals surface area contributed by atoms with E-state index in [1.165, 1.54) is 19.4 Å². The molecule has 0 saturated carbocycles. The molecule has 6 nitrogen and oxygen atoms in total. The molecule has 1 atom stereocenters. The molecule has 0 bridgehead atoms. The van der Waals surface area contributed by atoms with Crippen LogP contribution in [-0.4, -0.2) is 45.1 Å². The molecule has 1 aromatic carbocycles. The van der Waals surface area contributed by atoms with E-state index < -0.39 is 0 Å². The van der Waals surface area contributed by atoms with E-state index in [0.717, 1.165) is 47.7 Å². The van der Waals surface area contributed by atoms with Gasteiger partial charge in [0.15, 0.2) is 0 Å². The van der Waals surface area contributed by atoms with Crippen LogP contribution in [0.5, 0.6) is 0 Å². The van der Waals surface area contributed by atoms with Crippen LogP contribution in [0.3, 0.4) is 0 Å². The van der Waals surface area contributed by atoms with Crippen molar-refractivity contribution in [2.24, 2.45) is 5.92 Å². The first-order valence-electron chi connectivity index (χ1n) is 8.72. The molecule has 0 aliphatic carbocycles. The Bertz CT molecular complexity index is 837. The van der Waals surface area contributed by atoms with Crippen LogP contribution in [0, 0.1) is 5.92 Å². The maximum Gasteiger partial charge on any atom is 0.227 e. The van der Waals surface area contributed by atoms with Crippen molar-refractivity contribution in [3.05, 3.63) is 29.9 Å². The number of nitrogens with zero attached hydrogens (tertiary/aromatic N) is 4. The number of aryl methyl sites for hydroxylation is 1. The van der Waals surface area contributed by atoms with Crippen molar-refractivity contribution in [1.82, 2.24) is 25.0 Å². The summed E-state index contributed by atoms with van der Waals surface area (Å²) < 4.78 is 5.52. The summed E-state index contributed by atoms with van der Waals surface area (Å²) in [6.45, 7) is 4.38. The summed E-state index contributed by atoms with van der Waals surface area (Å²) in [6.07, 6.45) is 4.21. The summed E-state index contributed by atoms with van der Waals surface area (Å²) >= 11 is 0. The van der Waals surface area contributed by atoms with E-state index in [1.807, 2.05) is 18.2 Å². The average molecular weight is 325 g/mol. The van der Waals surface area contributed by atoms with Gasteiger partial charge in [-0.3, -0.25) is 0 Å². The standard InChI is InChI=1S/C18H23N5O/c1-3-15-19-14-8-4-7-13(17(14)20-15)18-21-16(24-22-18)10-12-6-5-9-23(2)11-12/h4,7-8,12H,3,5-6,9-11H2,1-2H3,(H,19,20). The van der Waals surface area contributed by atoms with Gasteiger partial charge in [-0.05, 0) is 44.5 Å². The number of nitrogens with one attached hydrogen (secondary N) is 1. The normalized spacial score (nSPS) is 19.2. The lowest BCUT2D eigenvalue weighted by atomic mass is 9.95. The zero-order chi connectivity index (χ0) is 16.5. The molecule has 2 aromatic heterocycles. The average Bonchev–Trinajstić information content (AvgIpc) is 3.20. The molecule has 1 aliphatic heterocycles. The molecular formula is C18H23N5O. The van der Waals surface area contributed by atoms with Crippen molar-refractivity contribution in [2.45, 2.75) is 32.6 Å². The summed E-state index contributed by atoms with van der Waals surface area (Å²) in [5.74, 6) is 2.94. The van der Waals surface area contributed by atoms with Crippen LogP contribution in [-0.2, 0) is 12.8 Å². The van der Waals surface area contributed by atoms with Crippen LogP contribution < -0.4 is 0 Å². The van der Waals surface area contributed by atoms with Gasteiger partial charge in [-0.2, -0.15) is 4.98 Å². The molecule has 1 unspecified atom stereocenters. The molecule has 0 radical (unpaired) electrons. The van der Waals surface area contributed by atoms with Crippen LogP contribution in [0.25, 0.3) is 22.4 Å². The van der Waals surface area contributed by atoms with Gasteiger partial charge in [0.25, 0.3) is 0 Å². The molecule has 1 aliphatic rings. The lowest BCUT2D eigenvalue weighted by molar-refractivity contribution is 0.199. The number of hydrogen-bond donors (Lipinski definition) is 1. The Kier molecular flexibility index (Phi) is 4.06. The number of rotatable bonds is 4. The van der Waals surface area contributed by atoms with Crippen LogP contribution in [0.15, 0.2) is 22.7 Å². The number of hydrogen-bond acceptors (Lipinski definition) is 5. The molecule has 0 amide bonds. The van der Waals surface area contributed by atoms with E-state index in [9.17, 15) is 0 Å². The summed E-state index contributed by atoms with van der Waals surface area (Å²) in [7, 11) is 2.18. The third kappa shape index (κ3) is 2.94. The highest BCUT2D eigenvalue weighted by molar-refractivity contribution is 5.89. The minimum Gasteiger partial charge on any atom is -0.342 e. The Balaban J connectivity index is 1.59. The third-order valence-electron chi connectivity index (χ3n) is 4.79. The Morgan fingerprint density at radius 2 is 2.25 bits per heavy atom. The summed E-state index contributed by atoms with van der Waals surface area (Å²) in [5, 5.41) is 4.20.